The zero-order valence-corrected chi connectivity index (χ0v) is 10.2. The molecule has 0 aliphatic heterocycles. The number of nitrogens with one attached hydrogen (secondary N) is 1. The fraction of sp³-hybridized carbons (Fsp3) is 0.900. The summed E-state index contributed by atoms with van der Waals surface area (Å²) in [6.07, 6.45) is -12.5. The van der Waals surface area contributed by atoms with Crippen LogP contribution in [0.3, 0.4) is 0 Å². The van der Waals surface area contributed by atoms with Gasteiger partial charge in [-0.2, -0.15) is 26.3 Å². The van der Waals surface area contributed by atoms with Gasteiger partial charge < -0.3 is 5.32 Å². The molecule has 0 bridgehead atoms. The molecule has 0 aromatic carbocycles. The highest BCUT2D eigenvalue weighted by atomic mass is 19.4. The third-order valence-electron chi connectivity index (χ3n) is 2.88. The maximum absolute atomic E-state index is 12.7. The third-order valence-corrected chi connectivity index (χ3v) is 2.88. The van der Waals surface area contributed by atoms with Crippen molar-refractivity contribution in [1.82, 2.24) is 5.32 Å². The molecule has 8 heteroatoms. The molecule has 0 unspecified atom stereocenters. The minimum absolute atomic E-state index is 0.237. The van der Waals surface area contributed by atoms with E-state index in [9.17, 15) is 31.1 Å². The van der Waals surface area contributed by atoms with E-state index in [1.807, 2.05) is 0 Å². The van der Waals surface area contributed by atoms with Gasteiger partial charge in [0.1, 0.15) is 0 Å². The highest BCUT2D eigenvalue weighted by molar-refractivity contribution is 5.84. The summed E-state index contributed by atoms with van der Waals surface area (Å²) in [6.45, 7) is 3.57. The first-order valence-corrected chi connectivity index (χ1v) is 5.38. The summed E-state index contributed by atoms with van der Waals surface area (Å²) in [7, 11) is 0. The topological polar surface area (TPSA) is 29.1 Å². The van der Waals surface area contributed by atoms with Gasteiger partial charge in [0.05, 0.1) is 0 Å². The van der Waals surface area contributed by atoms with Crippen molar-refractivity contribution in [2.24, 2.45) is 5.41 Å². The van der Waals surface area contributed by atoms with Gasteiger partial charge in [-0.1, -0.05) is 13.8 Å². The number of amides is 1. The second kappa shape index (κ2) is 5.36. The van der Waals surface area contributed by atoms with Crippen molar-refractivity contribution < 1.29 is 31.1 Å². The Hall–Kier alpha value is -0.950. The molecule has 0 aromatic heterocycles. The second-order valence-electron chi connectivity index (χ2n) is 4.04. The van der Waals surface area contributed by atoms with Crippen LogP contribution in [-0.4, -0.2) is 24.3 Å². The largest absolute Gasteiger partial charge is 0.412 e. The van der Waals surface area contributed by atoms with Crippen LogP contribution in [0.1, 0.15) is 33.6 Å². The van der Waals surface area contributed by atoms with Crippen LogP contribution in [0.4, 0.5) is 26.3 Å². The lowest BCUT2D eigenvalue weighted by Crippen LogP contribution is -2.60. The van der Waals surface area contributed by atoms with E-state index in [1.54, 1.807) is 12.2 Å². The zero-order valence-electron chi connectivity index (χ0n) is 10.2. The van der Waals surface area contributed by atoms with Gasteiger partial charge in [0.15, 0.2) is 0 Å². The van der Waals surface area contributed by atoms with Crippen molar-refractivity contribution in [1.29, 1.82) is 0 Å². The molecular formula is C10H15F6NO. The Morgan fingerprint density at radius 1 is 1.06 bits per heavy atom. The predicted octanol–water partition coefficient (Wildman–Crippen LogP) is 3.42. The van der Waals surface area contributed by atoms with Crippen LogP contribution >= 0.6 is 0 Å². The Labute approximate surface area is 101 Å². The smallest absolute Gasteiger partial charge is 0.353 e. The highest BCUT2D eigenvalue weighted by Crippen LogP contribution is 2.52. The first-order chi connectivity index (χ1) is 7.94. The molecule has 0 saturated heterocycles. The molecule has 0 aliphatic carbocycles. The number of carbonyl (C=O) groups excluding carboxylic acids is 1. The standard InChI is InChI=1S/C10H15F6NO/c1-4-6(3)17-7(18)8(5-2,9(11,12)13)10(14,15)16/h6H,4-5H2,1-3H3,(H,17,18)/t6-/m0/s1. The molecule has 18 heavy (non-hydrogen) atoms. The number of rotatable bonds is 4. The first kappa shape index (κ1) is 17.1. The van der Waals surface area contributed by atoms with Gasteiger partial charge in [-0.3, -0.25) is 4.79 Å². The van der Waals surface area contributed by atoms with Gasteiger partial charge in [-0.25, -0.2) is 0 Å². The van der Waals surface area contributed by atoms with Crippen LogP contribution in [0.25, 0.3) is 0 Å². The minimum Gasteiger partial charge on any atom is -0.353 e. The lowest BCUT2D eigenvalue weighted by atomic mass is 9.82. The van der Waals surface area contributed by atoms with Crippen molar-refractivity contribution >= 4 is 5.91 Å². The van der Waals surface area contributed by atoms with Crippen LogP contribution in [-0.2, 0) is 4.79 Å². The Bertz CT molecular complexity index is 282. The summed E-state index contributed by atoms with van der Waals surface area (Å²) in [5.41, 5.74) is -4.34. The van der Waals surface area contributed by atoms with Gasteiger partial charge in [-0.15, -0.1) is 0 Å². The van der Waals surface area contributed by atoms with Crippen LogP contribution in [0.5, 0.6) is 0 Å². The quantitative estimate of drug-likeness (QED) is 0.785. The summed E-state index contributed by atoms with van der Waals surface area (Å²) < 4.78 is 76.2. The Balaban J connectivity index is 5.55. The average molecular weight is 279 g/mol. The monoisotopic (exact) mass is 279 g/mol. The molecule has 1 atom stereocenters. The maximum atomic E-state index is 12.7. The molecule has 0 aliphatic rings. The molecule has 0 fully saturated rings. The van der Waals surface area contributed by atoms with E-state index in [0.717, 1.165) is 0 Å². The number of hydrogen-bond acceptors (Lipinski definition) is 1. The summed E-state index contributed by atoms with van der Waals surface area (Å²) >= 11 is 0. The maximum Gasteiger partial charge on any atom is 0.412 e. The van der Waals surface area contributed by atoms with E-state index in [2.05, 4.69) is 0 Å². The Morgan fingerprint density at radius 2 is 1.44 bits per heavy atom. The Morgan fingerprint density at radius 3 is 1.67 bits per heavy atom. The molecule has 0 heterocycles. The van der Waals surface area contributed by atoms with Crippen molar-refractivity contribution in [2.75, 3.05) is 0 Å². The molecular weight excluding hydrogens is 264 g/mol. The molecule has 0 rings (SSSR count). The van der Waals surface area contributed by atoms with Crippen LogP contribution in [0.15, 0.2) is 0 Å². The molecule has 0 spiro atoms. The summed E-state index contributed by atoms with van der Waals surface area (Å²) in [5, 5.41) is 1.76. The molecule has 0 radical (unpaired) electrons. The van der Waals surface area contributed by atoms with E-state index in [0.29, 0.717) is 6.92 Å². The number of alkyl halides is 6. The lowest BCUT2D eigenvalue weighted by molar-refractivity contribution is -0.326. The zero-order chi connectivity index (χ0) is 14.8. The summed E-state index contributed by atoms with van der Waals surface area (Å²) in [4.78, 5) is 11.4. The van der Waals surface area contributed by atoms with Crippen LogP contribution < -0.4 is 5.32 Å². The van der Waals surface area contributed by atoms with E-state index in [-0.39, 0.29) is 6.42 Å². The van der Waals surface area contributed by atoms with Crippen molar-refractivity contribution in [3.05, 3.63) is 0 Å². The van der Waals surface area contributed by atoms with E-state index in [1.165, 1.54) is 6.92 Å². The fourth-order valence-corrected chi connectivity index (χ4v) is 1.43. The lowest BCUT2D eigenvalue weighted by Gasteiger charge is -2.35. The molecule has 2 nitrogen and oxygen atoms in total. The summed E-state index contributed by atoms with van der Waals surface area (Å²) in [5.74, 6) is -2.04. The SMILES string of the molecule is CC[C@H](C)NC(=O)C(CC)(C(F)(F)F)C(F)(F)F. The van der Waals surface area contributed by atoms with Gasteiger partial charge >= 0.3 is 12.4 Å². The van der Waals surface area contributed by atoms with Gasteiger partial charge in [0.2, 0.25) is 11.3 Å². The third kappa shape index (κ3) is 2.89. The van der Waals surface area contributed by atoms with Crippen molar-refractivity contribution in [3.8, 4) is 0 Å². The first-order valence-electron chi connectivity index (χ1n) is 5.38. The van der Waals surface area contributed by atoms with Crippen LogP contribution in [0.2, 0.25) is 0 Å². The highest BCUT2D eigenvalue weighted by Gasteiger charge is 2.74. The van der Waals surface area contributed by atoms with E-state index in [4.69, 9.17) is 0 Å². The normalized spacial score (nSPS) is 15.4. The molecule has 0 saturated carbocycles. The number of halogens is 6. The number of carbonyl (C=O) groups is 1. The minimum atomic E-state index is -5.68. The molecule has 1 N–H and O–H groups in total. The van der Waals surface area contributed by atoms with Gasteiger partial charge in [0.25, 0.3) is 0 Å². The van der Waals surface area contributed by atoms with Crippen molar-refractivity contribution in [2.45, 2.75) is 52.0 Å². The van der Waals surface area contributed by atoms with Gasteiger partial charge in [0, 0.05) is 6.04 Å². The van der Waals surface area contributed by atoms with Gasteiger partial charge in [-0.05, 0) is 19.8 Å². The predicted molar refractivity (Wildman–Crippen MR) is 52.7 cm³/mol. The second-order valence-corrected chi connectivity index (χ2v) is 4.04. The molecule has 108 valence electrons. The van der Waals surface area contributed by atoms with E-state index < -0.39 is 36.1 Å². The summed E-state index contributed by atoms with van der Waals surface area (Å²) in [6, 6.07) is -0.756. The average Bonchev–Trinajstić information content (AvgIpc) is 2.14. The fourth-order valence-electron chi connectivity index (χ4n) is 1.43. The molecule has 0 aromatic rings. The van der Waals surface area contributed by atoms with Crippen LogP contribution in [0, 0.1) is 5.41 Å². The van der Waals surface area contributed by atoms with E-state index >= 15 is 0 Å². The molecule has 1 amide bonds. The van der Waals surface area contributed by atoms with Crippen molar-refractivity contribution in [3.63, 3.8) is 0 Å². The Kier molecular flexibility index (Phi) is 5.07. The number of hydrogen-bond donors (Lipinski definition) is 1.